The minimum Gasteiger partial charge on any atom is -0.453 e. The number of hydrogen-bond donors (Lipinski definition) is 2. The van der Waals surface area contributed by atoms with Crippen LogP contribution in [0.5, 0.6) is 0 Å². The lowest BCUT2D eigenvalue weighted by Crippen LogP contribution is -2.15. The average molecular weight is 322 g/mol. The van der Waals surface area contributed by atoms with Crippen LogP contribution < -0.4 is 10.0 Å². The molecule has 0 unspecified atom stereocenters. The van der Waals surface area contributed by atoms with Crippen LogP contribution in [0.3, 0.4) is 0 Å². The van der Waals surface area contributed by atoms with Gasteiger partial charge in [0.1, 0.15) is 11.6 Å². The van der Waals surface area contributed by atoms with E-state index in [4.69, 9.17) is 0 Å². The maximum Gasteiger partial charge on any atom is 0.411 e. The molecule has 0 saturated carbocycles. The molecular weight excluding hydrogens is 308 g/mol. The molecule has 0 saturated heterocycles. The Bertz CT molecular complexity index is 775. The first-order chi connectivity index (χ1) is 10.4. The van der Waals surface area contributed by atoms with Gasteiger partial charge in [0.05, 0.1) is 12.0 Å². The molecule has 0 spiro atoms. The van der Waals surface area contributed by atoms with Crippen molar-refractivity contribution in [2.75, 3.05) is 17.1 Å². The van der Waals surface area contributed by atoms with Crippen molar-refractivity contribution in [3.05, 3.63) is 42.4 Å². The maximum atomic E-state index is 12.2. The molecule has 2 rings (SSSR count). The number of nitrogens with one attached hydrogen (secondary N) is 2. The molecule has 22 heavy (non-hydrogen) atoms. The lowest BCUT2D eigenvalue weighted by Gasteiger charge is -2.08. The van der Waals surface area contributed by atoms with Gasteiger partial charge in [-0.25, -0.2) is 23.2 Å². The summed E-state index contributed by atoms with van der Waals surface area (Å²) in [7, 11) is -2.53. The Labute approximate surface area is 127 Å². The molecule has 0 aliphatic heterocycles. The minimum absolute atomic E-state index is 0.0409. The van der Waals surface area contributed by atoms with E-state index in [1.807, 2.05) is 0 Å². The number of carbonyl (C=O) groups is 1. The number of benzene rings is 1. The number of aryl methyl sites for hydroxylation is 1. The topological polar surface area (TPSA) is 110 Å². The third-order valence-corrected chi connectivity index (χ3v) is 3.98. The molecule has 9 heteroatoms. The first kappa shape index (κ1) is 15.7. The molecule has 0 aliphatic carbocycles. The van der Waals surface area contributed by atoms with Crippen LogP contribution in [-0.4, -0.2) is 31.6 Å². The predicted molar refractivity (Wildman–Crippen MR) is 80.0 cm³/mol. The van der Waals surface area contributed by atoms with Crippen LogP contribution in [0.2, 0.25) is 0 Å². The molecule has 1 aromatic heterocycles. The molecule has 8 nitrogen and oxygen atoms in total. The summed E-state index contributed by atoms with van der Waals surface area (Å²) in [6.45, 7) is 1.66. The number of anilines is 2. The predicted octanol–water partition coefficient (Wildman–Crippen LogP) is 1.76. The van der Waals surface area contributed by atoms with E-state index in [1.165, 1.54) is 43.6 Å². The Balaban J connectivity index is 2.17. The second-order valence-electron chi connectivity index (χ2n) is 4.24. The zero-order valence-corrected chi connectivity index (χ0v) is 12.7. The van der Waals surface area contributed by atoms with Crippen LogP contribution in [0.1, 0.15) is 5.82 Å². The standard InChI is InChI=1S/C13H14N4O4S/c1-9-14-8-7-12(15-9)17-22(19,20)11-5-3-10(4-6-11)16-13(18)21-2/h3-8H,1-2H3,(H,16,18)(H,14,15,17). The Morgan fingerprint density at radius 3 is 2.45 bits per heavy atom. The fourth-order valence-electron chi connectivity index (χ4n) is 1.60. The Morgan fingerprint density at radius 1 is 1.18 bits per heavy atom. The zero-order valence-electron chi connectivity index (χ0n) is 11.9. The van der Waals surface area contributed by atoms with Crippen molar-refractivity contribution in [3.63, 3.8) is 0 Å². The smallest absolute Gasteiger partial charge is 0.411 e. The van der Waals surface area contributed by atoms with Crippen molar-refractivity contribution in [1.82, 2.24) is 9.97 Å². The molecular formula is C13H14N4O4S. The summed E-state index contributed by atoms with van der Waals surface area (Å²) in [5.74, 6) is 0.641. The number of nitrogens with zero attached hydrogens (tertiary/aromatic N) is 2. The molecule has 0 aliphatic rings. The van der Waals surface area contributed by atoms with Crippen LogP contribution >= 0.6 is 0 Å². The van der Waals surface area contributed by atoms with Crippen molar-refractivity contribution in [3.8, 4) is 0 Å². The summed E-state index contributed by atoms with van der Waals surface area (Å²) < 4.78 is 31.2. The lowest BCUT2D eigenvalue weighted by molar-refractivity contribution is 0.187. The highest BCUT2D eigenvalue weighted by Gasteiger charge is 2.15. The molecule has 1 aromatic carbocycles. The van der Waals surface area contributed by atoms with E-state index in [0.717, 1.165) is 0 Å². The molecule has 1 heterocycles. The Hall–Kier alpha value is -2.68. The lowest BCUT2D eigenvalue weighted by atomic mass is 10.3. The van der Waals surface area contributed by atoms with Crippen LogP contribution in [0, 0.1) is 6.92 Å². The van der Waals surface area contributed by atoms with Crippen molar-refractivity contribution in [2.24, 2.45) is 0 Å². The zero-order chi connectivity index (χ0) is 16.2. The van der Waals surface area contributed by atoms with Gasteiger partial charge in [0, 0.05) is 11.9 Å². The van der Waals surface area contributed by atoms with Crippen LogP contribution in [0.4, 0.5) is 16.3 Å². The van der Waals surface area contributed by atoms with Gasteiger partial charge >= 0.3 is 6.09 Å². The summed E-state index contributed by atoms with van der Waals surface area (Å²) >= 11 is 0. The van der Waals surface area contributed by atoms with E-state index in [9.17, 15) is 13.2 Å². The maximum absolute atomic E-state index is 12.2. The van der Waals surface area contributed by atoms with Gasteiger partial charge in [-0.05, 0) is 37.3 Å². The molecule has 116 valence electrons. The number of sulfonamides is 1. The van der Waals surface area contributed by atoms with Crippen LogP contribution in [-0.2, 0) is 14.8 Å². The Kier molecular flexibility index (Phi) is 4.56. The van der Waals surface area contributed by atoms with Gasteiger partial charge in [0.15, 0.2) is 0 Å². The first-order valence-corrected chi connectivity index (χ1v) is 7.66. The minimum atomic E-state index is -3.77. The fourth-order valence-corrected chi connectivity index (χ4v) is 2.60. The molecule has 0 fully saturated rings. The molecule has 0 atom stereocenters. The number of rotatable bonds is 4. The highest BCUT2D eigenvalue weighted by atomic mass is 32.2. The van der Waals surface area contributed by atoms with Gasteiger partial charge in [0.25, 0.3) is 10.0 Å². The number of ether oxygens (including phenoxy) is 1. The van der Waals surface area contributed by atoms with E-state index < -0.39 is 16.1 Å². The van der Waals surface area contributed by atoms with Gasteiger partial charge in [-0.1, -0.05) is 0 Å². The van der Waals surface area contributed by atoms with Crippen LogP contribution in [0.15, 0.2) is 41.4 Å². The van der Waals surface area contributed by atoms with Gasteiger partial charge in [-0.3, -0.25) is 10.0 Å². The SMILES string of the molecule is COC(=O)Nc1ccc(S(=O)(=O)Nc2ccnc(C)n2)cc1. The highest BCUT2D eigenvalue weighted by molar-refractivity contribution is 7.92. The van der Waals surface area contributed by atoms with Crippen molar-refractivity contribution < 1.29 is 17.9 Å². The fraction of sp³-hybridized carbons (Fsp3) is 0.154. The highest BCUT2D eigenvalue weighted by Crippen LogP contribution is 2.17. The van der Waals surface area contributed by atoms with Gasteiger partial charge in [-0.15, -0.1) is 0 Å². The number of carbonyl (C=O) groups excluding carboxylic acids is 1. The quantitative estimate of drug-likeness (QED) is 0.887. The molecule has 0 bridgehead atoms. The summed E-state index contributed by atoms with van der Waals surface area (Å²) in [4.78, 5) is 19.0. The molecule has 2 aromatic rings. The third-order valence-electron chi connectivity index (χ3n) is 2.61. The van der Waals surface area contributed by atoms with E-state index in [0.29, 0.717) is 11.5 Å². The summed E-state index contributed by atoms with van der Waals surface area (Å²) in [6, 6.07) is 7.09. The van der Waals surface area contributed by atoms with Crippen molar-refractivity contribution in [2.45, 2.75) is 11.8 Å². The van der Waals surface area contributed by atoms with Gasteiger partial charge in [-0.2, -0.15) is 0 Å². The van der Waals surface area contributed by atoms with E-state index >= 15 is 0 Å². The van der Waals surface area contributed by atoms with Gasteiger partial charge < -0.3 is 4.74 Å². The largest absolute Gasteiger partial charge is 0.453 e. The second kappa shape index (κ2) is 6.39. The van der Waals surface area contributed by atoms with Crippen LogP contribution in [0.25, 0.3) is 0 Å². The third kappa shape index (κ3) is 3.92. The number of methoxy groups -OCH3 is 1. The summed E-state index contributed by atoms with van der Waals surface area (Å²) in [5, 5.41) is 2.43. The number of aromatic nitrogens is 2. The first-order valence-electron chi connectivity index (χ1n) is 6.18. The number of hydrogen-bond acceptors (Lipinski definition) is 6. The van der Waals surface area contributed by atoms with Crippen molar-refractivity contribution in [1.29, 1.82) is 0 Å². The molecule has 0 radical (unpaired) electrons. The monoisotopic (exact) mass is 322 g/mol. The normalized spacial score (nSPS) is 10.8. The number of amides is 1. The average Bonchev–Trinajstić information content (AvgIpc) is 2.47. The molecule has 1 amide bonds. The van der Waals surface area contributed by atoms with Crippen molar-refractivity contribution >= 4 is 27.6 Å². The van der Waals surface area contributed by atoms with Gasteiger partial charge in [0.2, 0.25) is 0 Å². The van der Waals surface area contributed by atoms with E-state index in [2.05, 4.69) is 24.7 Å². The summed E-state index contributed by atoms with van der Waals surface area (Å²) in [5.41, 5.74) is 0.420. The summed E-state index contributed by atoms with van der Waals surface area (Å²) in [6.07, 6.45) is 0.828. The van der Waals surface area contributed by atoms with E-state index in [1.54, 1.807) is 6.92 Å². The molecule has 2 N–H and O–H groups in total. The second-order valence-corrected chi connectivity index (χ2v) is 5.92. The Morgan fingerprint density at radius 2 is 1.86 bits per heavy atom. The van der Waals surface area contributed by atoms with E-state index in [-0.39, 0.29) is 10.7 Å².